The summed E-state index contributed by atoms with van der Waals surface area (Å²) in [5, 5.41) is 21.9. The third-order valence-electron chi connectivity index (χ3n) is 4.84. The van der Waals surface area contributed by atoms with Crippen molar-refractivity contribution in [3.05, 3.63) is 47.9 Å². The molecule has 31 heavy (non-hydrogen) atoms. The summed E-state index contributed by atoms with van der Waals surface area (Å²) in [5.41, 5.74) is 11.2. The Morgan fingerprint density at radius 2 is 2.03 bits per heavy atom. The second kappa shape index (κ2) is 7.36. The highest BCUT2D eigenvalue weighted by molar-refractivity contribution is 7.15. The lowest BCUT2D eigenvalue weighted by molar-refractivity contribution is 0.417. The zero-order chi connectivity index (χ0) is 21.5. The number of ether oxygens (including phenoxy) is 1. The number of nitrogens with one attached hydrogen (secondary N) is 1. The van der Waals surface area contributed by atoms with Crippen molar-refractivity contribution < 1.29 is 4.74 Å². The van der Waals surface area contributed by atoms with Gasteiger partial charge in [0.05, 0.1) is 18.5 Å². The van der Waals surface area contributed by atoms with Gasteiger partial charge in [-0.3, -0.25) is 4.68 Å². The number of rotatable bonds is 5. The zero-order valence-electron chi connectivity index (χ0n) is 17.1. The minimum Gasteiger partial charge on any atom is -0.495 e. The molecule has 3 N–H and O–H groups in total. The molecule has 5 rings (SSSR count). The van der Waals surface area contributed by atoms with Crippen molar-refractivity contribution in [1.29, 1.82) is 0 Å². The number of nitrogens with zero attached hydrogens (tertiary/aromatic N) is 7. The van der Waals surface area contributed by atoms with Crippen LogP contribution in [0.2, 0.25) is 0 Å². The molecule has 0 atom stereocenters. The van der Waals surface area contributed by atoms with Gasteiger partial charge in [-0.1, -0.05) is 17.4 Å². The minimum atomic E-state index is 0.387. The van der Waals surface area contributed by atoms with Crippen LogP contribution in [0.1, 0.15) is 5.01 Å². The number of hydrogen-bond donors (Lipinski definition) is 2. The molecule has 0 aliphatic carbocycles. The lowest BCUT2D eigenvalue weighted by Crippen LogP contribution is -2.01. The largest absolute Gasteiger partial charge is 0.495 e. The van der Waals surface area contributed by atoms with Gasteiger partial charge in [-0.05, 0) is 36.8 Å². The Morgan fingerprint density at radius 3 is 2.74 bits per heavy atom. The first-order valence-electron chi connectivity index (χ1n) is 9.41. The third kappa shape index (κ3) is 3.34. The number of hydrogen-bond acceptors (Lipinski definition) is 9. The number of nitrogen functional groups attached to an aromatic ring is 1. The van der Waals surface area contributed by atoms with Gasteiger partial charge >= 0.3 is 0 Å². The van der Waals surface area contributed by atoms with Crippen LogP contribution in [-0.2, 0) is 7.05 Å². The predicted molar refractivity (Wildman–Crippen MR) is 120 cm³/mol. The van der Waals surface area contributed by atoms with Crippen molar-refractivity contribution in [2.24, 2.45) is 7.05 Å². The van der Waals surface area contributed by atoms with Crippen LogP contribution in [0.3, 0.4) is 0 Å². The van der Waals surface area contributed by atoms with Gasteiger partial charge in [0.25, 0.3) is 0 Å². The summed E-state index contributed by atoms with van der Waals surface area (Å²) in [4.78, 5) is 4.19. The molecule has 0 amide bonds. The van der Waals surface area contributed by atoms with E-state index in [0.29, 0.717) is 22.2 Å². The average molecular weight is 434 g/mol. The number of fused-ring (bicyclic) bond motifs is 1. The van der Waals surface area contributed by atoms with E-state index < -0.39 is 0 Å². The van der Waals surface area contributed by atoms with E-state index in [1.807, 2.05) is 50.5 Å². The molecule has 4 aromatic heterocycles. The monoisotopic (exact) mass is 433 g/mol. The SMILES string of the molecule is COc1cc(-c2cc(-c3ccn(C)n3)n3ncnc(N)c23)ccc1Nc1nnc(C)s1. The maximum Gasteiger partial charge on any atom is 0.210 e. The van der Waals surface area contributed by atoms with Gasteiger partial charge in [0, 0.05) is 18.8 Å². The molecule has 0 saturated carbocycles. The maximum absolute atomic E-state index is 6.24. The highest BCUT2D eigenvalue weighted by Gasteiger charge is 2.19. The van der Waals surface area contributed by atoms with Crippen LogP contribution in [0.5, 0.6) is 5.75 Å². The number of anilines is 3. The van der Waals surface area contributed by atoms with Crippen molar-refractivity contribution in [2.75, 3.05) is 18.2 Å². The van der Waals surface area contributed by atoms with Crippen LogP contribution in [-0.4, -0.2) is 41.7 Å². The van der Waals surface area contributed by atoms with E-state index in [2.05, 4.69) is 30.7 Å². The summed E-state index contributed by atoms with van der Waals surface area (Å²) in [6.45, 7) is 1.91. The second-order valence-electron chi connectivity index (χ2n) is 6.89. The first kappa shape index (κ1) is 19.0. The molecule has 0 aliphatic rings. The van der Waals surface area contributed by atoms with Crippen LogP contribution < -0.4 is 15.8 Å². The predicted octanol–water partition coefficient (Wildman–Crippen LogP) is 3.29. The third-order valence-corrected chi connectivity index (χ3v) is 5.59. The summed E-state index contributed by atoms with van der Waals surface area (Å²) in [5.74, 6) is 1.05. The molecule has 0 fully saturated rings. The smallest absolute Gasteiger partial charge is 0.210 e. The highest BCUT2D eigenvalue weighted by atomic mass is 32.1. The van der Waals surface area contributed by atoms with Crippen LogP contribution in [0.4, 0.5) is 16.6 Å². The standard InChI is InChI=1S/C20H19N9OS/c1-11-25-26-20(31-11)24-15-5-4-12(8-17(15)30-3)13-9-16(14-6-7-28(2)27-14)29-18(13)19(21)22-10-23-29/h4-10H,1-3H3,(H,24,26)(H2,21,22,23). The molecule has 0 radical (unpaired) electrons. The number of nitrogens with two attached hydrogens (primary N) is 1. The molecular formula is C20H19N9OS. The van der Waals surface area contributed by atoms with Crippen molar-refractivity contribution in [3.8, 4) is 28.3 Å². The molecule has 156 valence electrons. The molecule has 5 aromatic rings. The Balaban J connectivity index is 1.63. The van der Waals surface area contributed by atoms with Crippen molar-refractivity contribution in [1.82, 2.24) is 34.6 Å². The number of methoxy groups -OCH3 is 1. The number of aryl methyl sites for hydroxylation is 2. The molecule has 0 saturated heterocycles. The van der Waals surface area contributed by atoms with E-state index in [1.54, 1.807) is 16.3 Å². The van der Waals surface area contributed by atoms with Gasteiger partial charge in [-0.25, -0.2) is 9.50 Å². The van der Waals surface area contributed by atoms with Gasteiger partial charge in [-0.2, -0.15) is 10.2 Å². The molecule has 10 nitrogen and oxygen atoms in total. The lowest BCUT2D eigenvalue weighted by Gasteiger charge is -2.11. The topological polar surface area (TPSA) is 121 Å². The second-order valence-corrected chi connectivity index (χ2v) is 8.07. The van der Waals surface area contributed by atoms with E-state index in [1.165, 1.54) is 17.7 Å². The van der Waals surface area contributed by atoms with Crippen LogP contribution in [0.25, 0.3) is 28.0 Å². The molecular weight excluding hydrogens is 414 g/mol. The van der Waals surface area contributed by atoms with Gasteiger partial charge in [0.15, 0.2) is 5.82 Å². The molecule has 0 unspecified atom stereocenters. The molecule has 0 bridgehead atoms. The fraction of sp³-hybridized carbons (Fsp3) is 0.150. The highest BCUT2D eigenvalue weighted by Crippen LogP contribution is 2.38. The normalized spacial score (nSPS) is 11.2. The molecule has 1 aromatic carbocycles. The summed E-state index contributed by atoms with van der Waals surface area (Å²) >= 11 is 1.47. The molecule has 0 spiro atoms. The van der Waals surface area contributed by atoms with E-state index in [4.69, 9.17) is 10.5 Å². The Bertz CT molecular complexity index is 1400. The average Bonchev–Trinajstić information content (AvgIpc) is 3.47. The fourth-order valence-corrected chi connectivity index (χ4v) is 4.05. The van der Waals surface area contributed by atoms with E-state index in [-0.39, 0.29) is 0 Å². The van der Waals surface area contributed by atoms with Gasteiger partial charge in [-0.15, -0.1) is 10.2 Å². The van der Waals surface area contributed by atoms with Crippen molar-refractivity contribution in [3.63, 3.8) is 0 Å². The Morgan fingerprint density at radius 1 is 1.16 bits per heavy atom. The first-order valence-corrected chi connectivity index (χ1v) is 10.2. The summed E-state index contributed by atoms with van der Waals surface area (Å²) in [6, 6.07) is 9.82. The molecule has 11 heteroatoms. The minimum absolute atomic E-state index is 0.387. The first-order chi connectivity index (χ1) is 15.0. The Hall–Kier alpha value is -3.99. The van der Waals surface area contributed by atoms with Crippen LogP contribution >= 0.6 is 11.3 Å². The van der Waals surface area contributed by atoms with Gasteiger partial charge in [0.2, 0.25) is 5.13 Å². The van der Waals surface area contributed by atoms with Crippen molar-refractivity contribution >= 4 is 33.5 Å². The molecule has 4 heterocycles. The summed E-state index contributed by atoms with van der Waals surface area (Å²) < 4.78 is 9.15. The quantitative estimate of drug-likeness (QED) is 0.433. The number of aromatic nitrogens is 7. The zero-order valence-corrected chi connectivity index (χ0v) is 17.9. The van der Waals surface area contributed by atoms with Gasteiger partial charge < -0.3 is 15.8 Å². The van der Waals surface area contributed by atoms with E-state index >= 15 is 0 Å². The Kier molecular flexibility index (Phi) is 4.51. The fourth-order valence-electron chi connectivity index (χ4n) is 3.45. The molecule has 0 aliphatic heterocycles. The van der Waals surface area contributed by atoms with Crippen molar-refractivity contribution in [2.45, 2.75) is 6.92 Å². The number of benzene rings is 1. The lowest BCUT2D eigenvalue weighted by atomic mass is 10.1. The summed E-state index contributed by atoms with van der Waals surface area (Å²) in [7, 11) is 3.50. The van der Waals surface area contributed by atoms with Crippen LogP contribution in [0.15, 0.2) is 42.9 Å². The van der Waals surface area contributed by atoms with E-state index in [0.717, 1.165) is 33.2 Å². The van der Waals surface area contributed by atoms with Crippen LogP contribution in [0, 0.1) is 6.92 Å². The Labute approximate surface area is 181 Å². The van der Waals surface area contributed by atoms with E-state index in [9.17, 15) is 0 Å². The van der Waals surface area contributed by atoms with Gasteiger partial charge in [0.1, 0.15) is 28.3 Å². The summed E-state index contributed by atoms with van der Waals surface area (Å²) in [6.07, 6.45) is 3.33. The maximum atomic E-state index is 6.24.